The molecule has 0 aromatic carbocycles. The van der Waals surface area contributed by atoms with E-state index in [1.807, 2.05) is 23.7 Å². The third-order valence-corrected chi connectivity index (χ3v) is 3.88. The van der Waals surface area contributed by atoms with Gasteiger partial charge in [-0.3, -0.25) is 9.78 Å². The molecule has 112 valence electrons. The maximum atomic E-state index is 12.0. The summed E-state index contributed by atoms with van der Waals surface area (Å²) in [6, 6.07) is 3.63. The van der Waals surface area contributed by atoms with E-state index in [9.17, 15) is 4.79 Å². The molecule has 2 aromatic heterocycles. The molecule has 1 amide bonds. The summed E-state index contributed by atoms with van der Waals surface area (Å²) in [4.78, 5) is 21.2. The molecule has 0 aliphatic rings. The van der Waals surface area contributed by atoms with E-state index in [-0.39, 0.29) is 11.9 Å². The summed E-state index contributed by atoms with van der Waals surface area (Å²) < 4.78 is 1.83. The van der Waals surface area contributed by atoms with Gasteiger partial charge in [0.25, 0.3) is 0 Å². The summed E-state index contributed by atoms with van der Waals surface area (Å²) in [5.41, 5.74) is 0. The predicted molar refractivity (Wildman–Crippen MR) is 81.8 cm³/mol. The number of thioether (sulfide) groups is 1. The molecule has 0 saturated carbocycles. The van der Waals surface area contributed by atoms with Crippen LogP contribution in [0.4, 0.5) is 0 Å². The molecule has 0 aliphatic carbocycles. The van der Waals surface area contributed by atoms with E-state index in [1.54, 1.807) is 12.4 Å². The van der Waals surface area contributed by atoms with Crippen molar-refractivity contribution in [3.05, 3.63) is 36.7 Å². The minimum atomic E-state index is -0.149. The third kappa shape index (κ3) is 4.56. The fraction of sp³-hybridized carbons (Fsp3) is 0.429. The summed E-state index contributed by atoms with van der Waals surface area (Å²) in [7, 11) is 0. The quantitative estimate of drug-likeness (QED) is 0.793. The van der Waals surface area contributed by atoms with E-state index >= 15 is 0 Å². The Labute approximate surface area is 128 Å². The van der Waals surface area contributed by atoms with Crippen LogP contribution in [0, 0.1) is 0 Å². The molecule has 2 heterocycles. The van der Waals surface area contributed by atoms with Crippen LogP contribution in [0.2, 0.25) is 0 Å². The average molecular weight is 305 g/mol. The highest BCUT2D eigenvalue weighted by molar-refractivity contribution is 8.00. The number of rotatable bonds is 7. The van der Waals surface area contributed by atoms with Crippen molar-refractivity contribution in [2.45, 2.75) is 37.8 Å². The van der Waals surface area contributed by atoms with Crippen molar-refractivity contribution >= 4 is 17.7 Å². The predicted octanol–water partition coefficient (Wildman–Crippen LogP) is 2.05. The van der Waals surface area contributed by atoms with Crippen molar-refractivity contribution in [1.29, 1.82) is 0 Å². The van der Waals surface area contributed by atoms with Crippen LogP contribution in [0.3, 0.4) is 0 Å². The van der Waals surface area contributed by atoms with Gasteiger partial charge < -0.3 is 5.32 Å². The number of carbonyl (C=O) groups excluding carboxylic acids is 1. The Kier molecular flexibility index (Phi) is 5.74. The highest BCUT2D eigenvalue weighted by Crippen LogP contribution is 2.16. The van der Waals surface area contributed by atoms with Gasteiger partial charge in [-0.1, -0.05) is 6.92 Å². The molecule has 0 radical (unpaired) electrons. The third-order valence-electron chi connectivity index (χ3n) is 2.87. The van der Waals surface area contributed by atoms with Crippen LogP contribution in [0.5, 0.6) is 0 Å². The fourth-order valence-corrected chi connectivity index (χ4v) is 2.62. The zero-order valence-electron chi connectivity index (χ0n) is 12.2. The minimum absolute atomic E-state index is 0.0182. The first kappa shape index (κ1) is 15.5. The number of aromatic nitrogens is 4. The van der Waals surface area contributed by atoms with Gasteiger partial charge in [-0.05, 0) is 25.5 Å². The molecule has 0 saturated heterocycles. The second kappa shape index (κ2) is 7.78. The van der Waals surface area contributed by atoms with Crippen LogP contribution in [-0.4, -0.2) is 31.4 Å². The molecule has 0 bridgehead atoms. The van der Waals surface area contributed by atoms with Gasteiger partial charge >= 0.3 is 0 Å². The zero-order valence-corrected chi connectivity index (χ0v) is 13.0. The lowest BCUT2D eigenvalue weighted by atomic mass is 10.3. The lowest BCUT2D eigenvalue weighted by molar-refractivity contribution is -0.119. The van der Waals surface area contributed by atoms with Crippen LogP contribution in [0.1, 0.15) is 32.1 Å². The number of aryl methyl sites for hydroxylation is 1. The lowest BCUT2D eigenvalue weighted by Gasteiger charge is -2.14. The van der Waals surface area contributed by atoms with Crippen molar-refractivity contribution in [2.24, 2.45) is 0 Å². The molecule has 0 aliphatic heterocycles. The van der Waals surface area contributed by atoms with Gasteiger partial charge in [0.05, 0.1) is 11.8 Å². The number of pyridine rings is 1. The number of hydrogen-bond acceptors (Lipinski definition) is 5. The summed E-state index contributed by atoms with van der Waals surface area (Å²) in [6.45, 7) is 4.81. The van der Waals surface area contributed by atoms with Crippen molar-refractivity contribution in [1.82, 2.24) is 25.1 Å². The topological polar surface area (TPSA) is 72.7 Å². The molecule has 0 unspecified atom stereocenters. The molecular formula is C14H19N5OS. The molecule has 1 atom stereocenters. The van der Waals surface area contributed by atoms with Crippen molar-refractivity contribution in [3.63, 3.8) is 0 Å². The number of nitrogens with zero attached hydrogens (tertiary/aromatic N) is 4. The maximum absolute atomic E-state index is 12.0. The van der Waals surface area contributed by atoms with E-state index in [0.29, 0.717) is 5.75 Å². The molecule has 7 heteroatoms. The van der Waals surface area contributed by atoms with Gasteiger partial charge in [0.1, 0.15) is 12.2 Å². The SMILES string of the molecule is CCCn1ncnc1[C@@H](C)NC(=O)CSc1ccncc1. The number of nitrogens with one attached hydrogen (secondary N) is 1. The van der Waals surface area contributed by atoms with Crippen LogP contribution >= 0.6 is 11.8 Å². The summed E-state index contributed by atoms with van der Waals surface area (Å²) >= 11 is 1.49. The lowest BCUT2D eigenvalue weighted by Crippen LogP contribution is -2.30. The van der Waals surface area contributed by atoms with Crippen LogP contribution in [-0.2, 0) is 11.3 Å². The van der Waals surface area contributed by atoms with Gasteiger partial charge in [-0.2, -0.15) is 5.10 Å². The van der Waals surface area contributed by atoms with Crippen LogP contribution in [0.25, 0.3) is 0 Å². The van der Waals surface area contributed by atoms with Crippen LogP contribution in [0.15, 0.2) is 35.7 Å². The Bertz CT molecular complexity index is 572. The molecular weight excluding hydrogens is 286 g/mol. The van der Waals surface area contributed by atoms with E-state index in [1.165, 1.54) is 18.1 Å². The normalized spacial score (nSPS) is 12.1. The maximum Gasteiger partial charge on any atom is 0.230 e. The fourth-order valence-electron chi connectivity index (χ4n) is 1.92. The Morgan fingerprint density at radius 3 is 2.90 bits per heavy atom. The van der Waals surface area contributed by atoms with E-state index in [0.717, 1.165) is 23.7 Å². The van der Waals surface area contributed by atoms with Crippen molar-refractivity contribution in [2.75, 3.05) is 5.75 Å². The number of amides is 1. The minimum Gasteiger partial charge on any atom is -0.346 e. The van der Waals surface area contributed by atoms with E-state index in [2.05, 4.69) is 27.3 Å². The largest absolute Gasteiger partial charge is 0.346 e. The summed E-state index contributed by atoms with van der Waals surface area (Å²) in [5.74, 6) is 1.14. The first-order valence-corrected chi connectivity index (χ1v) is 7.89. The smallest absolute Gasteiger partial charge is 0.230 e. The van der Waals surface area contributed by atoms with Crippen molar-refractivity contribution in [3.8, 4) is 0 Å². The molecule has 0 spiro atoms. The highest BCUT2D eigenvalue weighted by atomic mass is 32.2. The number of carbonyl (C=O) groups is 1. The summed E-state index contributed by atoms with van der Waals surface area (Å²) in [5, 5.41) is 7.12. The van der Waals surface area contributed by atoms with E-state index < -0.39 is 0 Å². The Hall–Kier alpha value is -1.89. The van der Waals surface area contributed by atoms with Gasteiger partial charge in [-0.15, -0.1) is 11.8 Å². The first-order chi connectivity index (χ1) is 10.2. The van der Waals surface area contributed by atoms with Gasteiger partial charge in [0.15, 0.2) is 0 Å². The molecule has 21 heavy (non-hydrogen) atoms. The Morgan fingerprint density at radius 2 is 2.19 bits per heavy atom. The molecule has 0 fully saturated rings. The molecule has 1 N–H and O–H groups in total. The van der Waals surface area contributed by atoms with Crippen LogP contribution < -0.4 is 5.32 Å². The molecule has 6 nitrogen and oxygen atoms in total. The highest BCUT2D eigenvalue weighted by Gasteiger charge is 2.15. The Balaban J connectivity index is 1.85. The van der Waals surface area contributed by atoms with Gasteiger partial charge in [-0.25, -0.2) is 9.67 Å². The monoisotopic (exact) mass is 305 g/mol. The molecule has 2 aromatic rings. The second-order valence-corrected chi connectivity index (χ2v) is 5.65. The van der Waals surface area contributed by atoms with E-state index in [4.69, 9.17) is 0 Å². The standard InChI is InChI=1S/C14H19N5OS/c1-3-8-19-14(16-10-17-19)11(2)18-13(20)9-21-12-4-6-15-7-5-12/h4-7,10-11H,3,8-9H2,1-2H3,(H,18,20)/t11-/m1/s1. The zero-order chi connectivity index (χ0) is 15.1. The summed E-state index contributed by atoms with van der Waals surface area (Å²) in [6.07, 6.45) is 5.94. The van der Waals surface area contributed by atoms with Gasteiger partial charge in [0, 0.05) is 23.8 Å². The number of hydrogen-bond donors (Lipinski definition) is 1. The Morgan fingerprint density at radius 1 is 1.43 bits per heavy atom. The molecule has 2 rings (SSSR count). The van der Waals surface area contributed by atoms with Crippen molar-refractivity contribution < 1.29 is 4.79 Å². The first-order valence-electron chi connectivity index (χ1n) is 6.90. The van der Waals surface area contributed by atoms with Gasteiger partial charge in [0.2, 0.25) is 5.91 Å². The second-order valence-electron chi connectivity index (χ2n) is 4.60. The average Bonchev–Trinajstić information content (AvgIpc) is 2.95.